The van der Waals surface area contributed by atoms with Crippen LogP contribution in [0.3, 0.4) is 0 Å². The molecule has 2 N–H and O–H groups in total. The van der Waals surface area contributed by atoms with E-state index in [9.17, 15) is 9.90 Å². The van der Waals surface area contributed by atoms with E-state index in [1.165, 1.54) is 0 Å². The molecular weight excluding hydrogens is 266 g/mol. The number of hydrogen-bond acceptors (Lipinski definition) is 3. The van der Waals surface area contributed by atoms with E-state index in [2.05, 4.69) is 5.32 Å². The van der Waals surface area contributed by atoms with E-state index in [1.54, 1.807) is 31.4 Å². The van der Waals surface area contributed by atoms with Crippen LogP contribution in [0.1, 0.15) is 31.4 Å². The fourth-order valence-corrected chi connectivity index (χ4v) is 1.95. The molecule has 0 heterocycles. The predicted octanol–water partition coefficient (Wildman–Crippen LogP) is 2.25. The van der Waals surface area contributed by atoms with Crippen molar-refractivity contribution in [2.24, 2.45) is 0 Å². The maximum absolute atomic E-state index is 11.6. The number of nitrogens with one attached hydrogen (secondary N) is 1. The lowest BCUT2D eigenvalue weighted by Gasteiger charge is -2.14. The molecule has 1 rings (SSSR count). The average Bonchev–Trinajstić information content (AvgIpc) is 2.44. The second-order valence-electron chi connectivity index (χ2n) is 4.29. The van der Waals surface area contributed by atoms with Gasteiger partial charge in [0.1, 0.15) is 11.1 Å². The minimum atomic E-state index is -0.774. The van der Waals surface area contributed by atoms with Crippen molar-refractivity contribution in [3.8, 4) is 5.75 Å². The number of carbonyl (C=O) groups excluding carboxylic acids is 1. The third kappa shape index (κ3) is 5.09. The van der Waals surface area contributed by atoms with Gasteiger partial charge in [0.05, 0.1) is 13.2 Å². The molecule has 2 atom stereocenters. The Morgan fingerprint density at radius 2 is 2.26 bits per heavy atom. The molecule has 0 saturated carbocycles. The SMILES string of the molecule is CCCC(Cl)C(=O)NCC(O)c1cccc(OC)c1. The molecule has 106 valence electrons. The van der Waals surface area contributed by atoms with Crippen molar-refractivity contribution in [1.29, 1.82) is 0 Å². The zero-order valence-corrected chi connectivity index (χ0v) is 12.0. The van der Waals surface area contributed by atoms with Crippen LogP contribution in [-0.2, 0) is 4.79 Å². The highest BCUT2D eigenvalue weighted by Gasteiger charge is 2.16. The number of amides is 1. The van der Waals surface area contributed by atoms with Gasteiger partial charge in [-0.1, -0.05) is 25.5 Å². The number of carbonyl (C=O) groups is 1. The summed E-state index contributed by atoms with van der Waals surface area (Å²) < 4.78 is 5.08. The van der Waals surface area contributed by atoms with Crippen LogP contribution < -0.4 is 10.1 Å². The molecule has 0 aliphatic rings. The summed E-state index contributed by atoms with van der Waals surface area (Å²) >= 11 is 5.89. The summed E-state index contributed by atoms with van der Waals surface area (Å²) in [5.41, 5.74) is 0.696. The van der Waals surface area contributed by atoms with Crippen molar-refractivity contribution >= 4 is 17.5 Å². The highest BCUT2D eigenvalue weighted by molar-refractivity contribution is 6.30. The highest BCUT2D eigenvalue weighted by atomic mass is 35.5. The number of alkyl halides is 1. The third-order valence-electron chi connectivity index (χ3n) is 2.77. The van der Waals surface area contributed by atoms with Gasteiger partial charge in [-0.25, -0.2) is 0 Å². The van der Waals surface area contributed by atoms with E-state index >= 15 is 0 Å². The summed E-state index contributed by atoms with van der Waals surface area (Å²) in [6.45, 7) is 2.10. The monoisotopic (exact) mass is 285 g/mol. The molecule has 19 heavy (non-hydrogen) atoms. The number of aliphatic hydroxyl groups excluding tert-OH is 1. The van der Waals surface area contributed by atoms with Gasteiger partial charge in [-0.15, -0.1) is 11.6 Å². The Bertz CT molecular complexity index is 411. The maximum atomic E-state index is 11.6. The average molecular weight is 286 g/mol. The van der Waals surface area contributed by atoms with E-state index < -0.39 is 11.5 Å². The first-order valence-electron chi connectivity index (χ1n) is 6.32. The van der Waals surface area contributed by atoms with Crippen LogP contribution in [0.2, 0.25) is 0 Å². The zero-order chi connectivity index (χ0) is 14.3. The Morgan fingerprint density at radius 3 is 2.89 bits per heavy atom. The van der Waals surface area contributed by atoms with Crippen molar-refractivity contribution in [2.45, 2.75) is 31.2 Å². The maximum Gasteiger partial charge on any atom is 0.238 e. The van der Waals surface area contributed by atoms with Gasteiger partial charge < -0.3 is 15.2 Å². The molecule has 0 aliphatic heterocycles. The standard InChI is InChI=1S/C14H20ClNO3/c1-3-5-12(15)14(18)16-9-13(17)10-6-4-7-11(8-10)19-2/h4,6-8,12-13,17H,3,5,9H2,1-2H3,(H,16,18). The number of aliphatic hydroxyl groups is 1. The number of ether oxygens (including phenoxy) is 1. The Hall–Kier alpha value is -1.26. The Labute approximate surface area is 118 Å². The number of methoxy groups -OCH3 is 1. The van der Waals surface area contributed by atoms with Gasteiger partial charge in [-0.3, -0.25) is 4.79 Å². The first kappa shape index (κ1) is 15.8. The van der Waals surface area contributed by atoms with Crippen molar-refractivity contribution < 1.29 is 14.6 Å². The van der Waals surface area contributed by atoms with Gasteiger partial charge in [-0.2, -0.15) is 0 Å². The van der Waals surface area contributed by atoms with Crippen LogP contribution >= 0.6 is 11.6 Å². The normalized spacial score (nSPS) is 13.7. The summed E-state index contributed by atoms with van der Waals surface area (Å²) in [4.78, 5) is 11.6. The van der Waals surface area contributed by atoms with Crippen molar-refractivity contribution in [3.63, 3.8) is 0 Å². The summed E-state index contributed by atoms with van der Waals surface area (Å²) in [6.07, 6.45) is 0.701. The lowest BCUT2D eigenvalue weighted by molar-refractivity contribution is -0.121. The number of halogens is 1. The molecule has 1 aromatic carbocycles. The van der Waals surface area contributed by atoms with Gasteiger partial charge in [0.2, 0.25) is 5.91 Å². The molecule has 0 saturated heterocycles. The first-order chi connectivity index (χ1) is 9.08. The van der Waals surface area contributed by atoms with Crippen LogP contribution in [0.5, 0.6) is 5.75 Å². The number of hydrogen-bond donors (Lipinski definition) is 2. The van der Waals surface area contributed by atoms with Crippen LogP contribution in [-0.4, -0.2) is 30.0 Å². The molecule has 4 nitrogen and oxygen atoms in total. The lowest BCUT2D eigenvalue weighted by Crippen LogP contribution is -2.34. The Morgan fingerprint density at radius 1 is 1.53 bits per heavy atom. The minimum absolute atomic E-state index is 0.138. The van der Waals surface area contributed by atoms with Crippen molar-refractivity contribution in [1.82, 2.24) is 5.32 Å². The van der Waals surface area contributed by atoms with Gasteiger partial charge in [0, 0.05) is 6.54 Å². The van der Waals surface area contributed by atoms with E-state index in [0.717, 1.165) is 6.42 Å². The summed E-state index contributed by atoms with van der Waals surface area (Å²) in [5.74, 6) is 0.426. The van der Waals surface area contributed by atoms with Crippen LogP contribution in [0, 0.1) is 0 Å². The van der Waals surface area contributed by atoms with E-state index in [4.69, 9.17) is 16.3 Å². The van der Waals surface area contributed by atoms with Crippen molar-refractivity contribution in [3.05, 3.63) is 29.8 Å². The molecule has 0 aromatic heterocycles. The third-order valence-corrected chi connectivity index (χ3v) is 3.19. The second kappa shape index (κ2) is 8.02. The summed E-state index contributed by atoms with van der Waals surface area (Å²) in [6, 6.07) is 7.11. The van der Waals surface area contributed by atoms with E-state index in [0.29, 0.717) is 17.7 Å². The van der Waals surface area contributed by atoms with E-state index in [1.807, 2.05) is 6.92 Å². The summed E-state index contributed by atoms with van der Waals surface area (Å²) in [7, 11) is 1.57. The molecule has 5 heteroatoms. The Balaban J connectivity index is 2.50. The van der Waals surface area contributed by atoms with Crippen molar-refractivity contribution in [2.75, 3.05) is 13.7 Å². The Kier molecular flexibility index (Phi) is 6.67. The molecule has 0 radical (unpaired) electrons. The zero-order valence-electron chi connectivity index (χ0n) is 11.2. The topological polar surface area (TPSA) is 58.6 Å². The molecule has 0 fully saturated rings. The van der Waals surface area contributed by atoms with Crippen LogP contribution in [0.4, 0.5) is 0 Å². The smallest absolute Gasteiger partial charge is 0.238 e. The van der Waals surface area contributed by atoms with Crippen LogP contribution in [0.25, 0.3) is 0 Å². The number of benzene rings is 1. The number of rotatable bonds is 7. The van der Waals surface area contributed by atoms with Gasteiger partial charge in [0.25, 0.3) is 0 Å². The largest absolute Gasteiger partial charge is 0.497 e. The lowest BCUT2D eigenvalue weighted by atomic mass is 10.1. The summed E-state index contributed by atoms with van der Waals surface area (Å²) in [5, 5.41) is 12.1. The van der Waals surface area contributed by atoms with Gasteiger partial charge in [-0.05, 0) is 24.1 Å². The molecule has 0 bridgehead atoms. The molecule has 1 amide bonds. The minimum Gasteiger partial charge on any atom is -0.497 e. The molecular formula is C14H20ClNO3. The predicted molar refractivity (Wildman–Crippen MR) is 75.5 cm³/mol. The highest BCUT2D eigenvalue weighted by Crippen LogP contribution is 2.18. The first-order valence-corrected chi connectivity index (χ1v) is 6.76. The van der Waals surface area contributed by atoms with Crippen LogP contribution in [0.15, 0.2) is 24.3 Å². The van der Waals surface area contributed by atoms with Gasteiger partial charge >= 0.3 is 0 Å². The molecule has 1 aromatic rings. The fraction of sp³-hybridized carbons (Fsp3) is 0.500. The quantitative estimate of drug-likeness (QED) is 0.756. The van der Waals surface area contributed by atoms with E-state index in [-0.39, 0.29) is 12.5 Å². The molecule has 2 unspecified atom stereocenters. The van der Waals surface area contributed by atoms with Gasteiger partial charge in [0.15, 0.2) is 0 Å². The fourth-order valence-electron chi connectivity index (χ4n) is 1.66. The molecule has 0 aliphatic carbocycles. The molecule has 0 spiro atoms. The second-order valence-corrected chi connectivity index (χ2v) is 4.82.